The average Bonchev–Trinajstić information content (AvgIpc) is 2.83. The molecule has 0 atom stereocenters. The quantitative estimate of drug-likeness (QED) is 0.516. The van der Waals surface area contributed by atoms with Crippen LogP contribution in [0, 0.1) is 0 Å². The molecule has 0 spiro atoms. The maximum Gasteiger partial charge on any atom is 0.226 e. The van der Waals surface area contributed by atoms with Gasteiger partial charge in [-0.3, -0.25) is 9.69 Å². The molecule has 0 unspecified atom stereocenters. The lowest BCUT2D eigenvalue weighted by Crippen LogP contribution is -2.46. The van der Waals surface area contributed by atoms with Crippen molar-refractivity contribution in [1.29, 1.82) is 0 Å². The maximum absolute atomic E-state index is 12.4. The van der Waals surface area contributed by atoms with E-state index in [2.05, 4.69) is 52.3 Å². The molecule has 3 aromatic rings. The van der Waals surface area contributed by atoms with Gasteiger partial charge in [-0.05, 0) is 43.0 Å². The van der Waals surface area contributed by atoms with Crippen molar-refractivity contribution in [2.75, 3.05) is 49.6 Å². The average molecular weight is 432 g/mol. The lowest BCUT2D eigenvalue weighted by atomic mass is 10.1. The van der Waals surface area contributed by atoms with Crippen molar-refractivity contribution in [2.45, 2.75) is 25.7 Å². The minimum Gasteiger partial charge on any atom is -0.508 e. The summed E-state index contributed by atoms with van der Waals surface area (Å²) in [5.41, 5.74) is 2.08. The van der Waals surface area contributed by atoms with E-state index < -0.39 is 0 Å². The van der Waals surface area contributed by atoms with Gasteiger partial charge < -0.3 is 14.9 Å². The van der Waals surface area contributed by atoms with Crippen LogP contribution < -0.4 is 9.80 Å². The first-order chi connectivity index (χ1) is 15.6. The molecule has 0 aliphatic carbocycles. The fraction of sp³-hybridized carbons (Fsp3) is 0.370. The molecule has 1 fully saturated rings. The number of benzene rings is 3. The van der Waals surface area contributed by atoms with Crippen LogP contribution in [0.4, 0.5) is 11.4 Å². The van der Waals surface area contributed by atoms with E-state index in [1.165, 1.54) is 16.5 Å². The number of carbonyl (C=O) groups is 1. The summed E-state index contributed by atoms with van der Waals surface area (Å²) in [5, 5.41) is 12.2. The summed E-state index contributed by atoms with van der Waals surface area (Å²) < 4.78 is 0. The van der Waals surface area contributed by atoms with Crippen LogP contribution >= 0.6 is 0 Å². The van der Waals surface area contributed by atoms with Crippen molar-refractivity contribution in [3.63, 3.8) is 0 Å². The molecule has 1 aliphatic heterocycles. The monoisotopic (exact) mass is 431 g/mol. The molecule has 1 heterocycles. The first-order valence-electron chi connectivity index (χ1n) is 11.6. The normalized spacial score (nSPS) is 14.6. The number of piperazine rings is 1. The third-order valence-electron chi connectivity index (χ3n) is 6.44. The number of amides is 1. The number of aromatic hydroxyl groups is 1. The smallest absolute Gasteiger partial charge is 0.226 e. The van der Waals surface area contributed by atoms with Gasteiger partial charge in [0.1, 0.15) is 5.75 Å². The van der Waals surface area contributed by atoms with Crippen molar-refractivity contribution in [1.82, 2.24) is 4.90 Å². The van der Waals surface area contributed by atoms with Crippen LogP contribution in [0.5, 0.6) is 5.75 Å². The fourth-order valence-electron chi connectivity index (χ4n) is 4.50. The summed E-state index contributed by atoms with van der Waals surface area (Å²) >= 11 is 0. The molecule has 1 N–H and O–H groups in total. The van der Waals surface area contributed by atoms with E-state index in [4.69, 9.17) is 0 Å². The molecule has 0 aromatic heterocycles. The second kappa shape index (κ2) is 10.5. The molecule has 3 aromatic carbocycles. The highest BCUT2D eigenvalue weighted by Crippen LogP contribution is 2.27. The van der Waals surface area contributed by atoms with E-state index in [1.54, 1.807) is 30.1 Å². The number of hydrogen-bond donors (Lipinski definition) is 1. The molecule has 32 heavy (non-hydrogen) atoms. The third-order valence-corrected chi connectivity index (χ3v) is 6.44. The predicted octanol–water partition coefficient (Wildman–Crippen LogP) is 4.89. The van der Waals surface area contributed by atoms with Gasteiger partial charge in [-0.15, -0.1) is 0 Å². The zero-order valence-electron chi connectivity index (χ0n) is 18.9. The molecule has 168 valence electrons. The second-order valence-corrected chi connectivity index (χ2v) is 8.61. The molecule has 1 saturated heterocycles. The van der Waals surface area contributed by atoms with Crippen LogP contribution in [0.25, 0.3) is 10.8 Å². The van der Waals surface area contributed by atoms with E-state index in [9.17, 15) is 9.90 Å². The minimum absolute atomic E-state index is 0.0966. The van der Waals surface area contributed by atoms with E-state index >= 15 is 0 Å². The van der Waals surface area contributed by atoms with Gasteiger partial charge in [0.15, 0.2) is 0 Å². The highest BCUT2D eigenvalue weighted by Gasteiger charge is 2.18. The highest BCUT2D eigenvalue weighted by molar-refractivity contribution is 5.94. The van der Waals surface area contributed by atoms with Gasteiger partial charge in [0.05, 0.1) is 0 Å². The van der Waals surface area contributed by atoms with Crippen LogP contribution in [0.3, 0.4) is 0 Å². The zero-order chi connectivity index (χ0) is 22.3. The fourth-order valence-corrected chi connectivity index (χ4v) is 4.50. The Kier molecular flexibility index (Phi) is 7.28. The number of phenolic OH excluding ortho intramolecular Hbond substituents is 1. The van der Waals surface area contributed by atoms with Gasteiger partial charge in [0.25, 0.3) is 0 Å². The summed E-state index contributed by atoms with van der Waals surface area (Å²) in [7, 11) is 1.77. The van der Waals surface area contributed by atoms with Crippen LogP contribution in [-0.4, -0.2) is 55.7 Å². The second-order valence-electron chi connectivity index (χ2n) is 8.61. The van der Waals surface area contributed by atoms with Gasteiger partial charge >= 0.3 is 0 Å². The molecule has 1 aliphatic rings. The Morgan fingerprint density at radius 1 is 0.906 bits per heavy atom. The number of fused-ring (bicyclic) bond motifs is 1. The molecule has 0 bridgehead atoms. The molecule has 0 saturated carbocycles. The number of carbonyl (C=O) groups excluding carboxylic acids is 1. The van der Waals surface area contributed by atoms with Crippen molar-refractivity contribution in [2.24, 2.45) is 0 Å². The minimum atomic E-state index is 0.0966. The first-order valence-corrected chi connectivity index (χ1v) is 11.6. The number of unbranched alkanes of at least 4 members (excludes halogenated alkanes) is 2. The van der Waals surface area contributed by atoms with Gasteiger partial charge in [0, 0.05) is 62.5 Å². The Morgan fingerprint density at radius 3 is 2.47 bits per heavy atom. The molecular formula is C27H33N3O2. The first kappa shape index (κ1) is 22.2. The van der Waals surface area contributed by atoms with Crippen molar-refractivity contribution < 1.29 is 9.90 Å². The number of nitrogens with zero attached hydrogens (tertiary/aromatic N) is 3. The van der Waals surface area contributed by atoms with Crippen LogP contribution in [0.2, 0.25) is 0 Å². The SMILES string of the molecule is CN(C(=O)CCCCCN1CCN(c2cccc3ccccc23)CC1)c1cccc(O)c1. The topological polar surface area (TPSA) is 47.0 Å². The summed E-state index contributed by atoms with van der Waals surface area (Å²) in [4.78, 5) is 19.1. The Hall–Kier alpha value is -3.05. The van der Waals surface area contributed by atoms with Crippen molar-refractivity contribution in [3.8, 4) is 5.75 Å². The third kappa shape index (κ3) is 5.40. The van der Waals surface area contributed by atoms with E-state index in [0.717, 1.165) is 57.7 Å². The molecule has 5 heteroatoms. The Balaban J connectivity index is 1.16. The van der Waals surface area contributed by atoms with E-state index in [1.807, 2.05) is 6.07 Å². The highest BCUT2D eigenvalue weighted by atomic mass is 16.3. The summed E-state index contributed by atoms with van der Waals surface area (Å²) in [6.07, 6.45) is 3.62. The molecular weight excluding hydrogens is 398 g/mol. The zero-order valence-corrected chi connectivity index (χ0v) is 18.9. The lowest BCUT2D eigenvalue weighted by molar-refractivity contribution is -0.118. The maximum atomic E-state index is 12.4. The number of anilines is 2. The van der Waals surface area contributed by atoms with Gasteiger partial charge in [-0.25, -0.2) is 0 Å². The number of hydrogen-bond acceptors (Lipinski definition) is 4. The van der Waals surface area contributed by atoms with Crippen LogP contribution in [0.15, 0.2) is 66.7 Å². The van der Waals surface area contributed by atoms with E-state index in [0.29, 0.717) is 6.42 Å². The standard InChI is InChI=1S/C27H33N3O2/c1-28(23-11-8-12-24(31)21-23)27(32)15-3-2-6-16-29-17-19-30(20-18-29)26-14-7-10-22-9-4-5-13-25(22)26/h4-5,7-14,21,31H,2-3,6,15-20H2,1H3. The Labute approximate surface area is 190 Å². The predicted molar refractivity (Wildman–Crippen MR) is 133 cm³/mol. The molecule has 5 nitrogen and oxygen atoms in total. The largest absolute Gasteiger partial charge is 0.508 e. The number of rotatable bonds is 8. The Morgan fingerprint density at radius 2 is 1.66 bits per heavy atom. The molecule has 1 amide bonds. The number of phenols is 1. The summed E-state index contributed by atoms with van der Waals surface area (Å²) in [5.74, 6) is 0.280. The van der Waals surface area contributed by atoms with Gasteiger partial charge in [-0.2, -0.15) is 0 Å². The lowest BCUT2D eigenvalue weighted by Gasteiger charge is -2.36. The van der Waals surface area contributed by atoms with Crippen molar-refractivity contribution in [3.05, 3.63) is 66.7 Å². The van der Waals surface area contributed by atoms with E-state index in [-0.39, 0.29) is 11.7 Å². The Bertz CT molecular complexity index is 1040. The van der Waals surface area contributed by atoms with Crippen LogP contribution in [-0.2, 0) is 4.79 Å². The molecule has 0 radical (unpaired) electrons. The van der Waals surface area contributed by atoms with Crippen molar-refractivity contribution >= 4 is 28.1 Å². The van der Waals surface area contributed by atoms with Gasteiger partial charge in [0.2, 0.25) is 5.91 Å². The summed E-state index contributed by atoms with van der Waals surface area (Å²) in [6.45, 7) is 5.38. The molecule has 4 rings (SSSR count). The van der Waals surface area contributed by atoms with Gasteiger partial charge in [-0.1, -0.05) is 48.9 Å². The van der Waals surface area contributed by atoms with Crippen LogP contribution in [0.1, 0.15) is 25.7 Å². The summed E-state index contributed by atoms with van der Waals surface area (Å²) in [6, 6.07) is 22.0.